The molecule has 0 saturated carbocycles. The smallest absolute Gasteiger partial charge is 0.410 e. The normalized spacial score (nSPS) is 16.7. The van der Waals surface area contributed by atoms with E-state index in [9.17, 15) is 14.7 Å². The number of fused-ring (bicyclic) bond motifs is 4. The second-order valence-electron chi connectivity index (χ2n) is 8.09. The van der Waals surface area contributed by atoms with E-state index in [0.29, 0.717) is 5.75 Å². The molecule has 32 heavy (non-hydrogen) atoms. The minimum atomic E-state index is -1.05. The number of rotatable bonds is 4. The van der Waals surface area contributed by atoms with Gasteiger partial charge < -0.3 is 14.6 Å². The number of aliphatic carboxylic acids is 1. The topological polar surface area (TPSA) is 76.1 Å². The Kier molecular flexibility index (Phi) is 5.05. The van der Waals surface area contributed by atoms with E-state index in [-0.39, 0.29) is 25.5 Å². The summed E-state index contributed by atoms with van der Waals surface area (Å²) in [7, 11) is 1.57. The van der Waals surface area contributed by atoms with Gasteiger partial charge in [0.25, 0.3) is 0 Å². The Morgan fingerprint density at radius 3 is 2.25 bits per heavy atom. The van der Waals surface area contributed by atoms with Gasteiger partial charge in [-0.15, -0.1) is 0 Å². The molecule has 1 atom stereocenters. The number of amides is 1. The molecule has 5 rings (SSSR count). The van der Waals surface area contributed by atoms with Crippen molar-refractivity contribution in [2.24, 2.45) is 0 Å². The highest BCUT2D eigenvalue weighted by atomic mass is 16.6. The van der Waals surface area contributed by atoms with E-state index >= 15 is 0 Å². The number of benzene rings is 3. The number of nitrogens with zero attached hydrogens (tertiary/aromatic N) is 1. The minimum absolute atomic E-state index is 0.0822. The molecule has 0 unspecified atom stereocenters. The van der Waals surface area contributed by atoms with Crippen molar-refractivity contribution in [2.45, 2.75) is 24.9 Å². The lowest BCUT2D eigenvalue weighted by atomic mass is 9.93. The Hall–Kier alpha value is -3.80. The Bertz CT molecular complexity index is 1160. The second-order valence-corrected chi connectivity index (χ2v) is 8.09. The molecule has 0 fully saturated rings. The molecule has 162 valence electrons. The fraction of sp³-hybridized carbons (Fsp3) is 0.231. The van der Waals surface area contributed by atoms with Crippen molar-refractivity contribution in [3.05, 3.63) is 89.0 Å². The molecule has 1 amide bonds. The van der Waals surface area contributed by atoms with Gasteiger partial charge in [0.05, 0.1) is 13.7 Å². The molecular weight excluding hydrogens is 406 g/mol. The highest BCUT2D eigenvalue weighted by Gasteiger charge is 2.37. The van der Waals surface area contributed by atoms with Crippen LogP contribution in [-0.2, 0) is 22.5 Å². The van der Waals surface area contributed by atoms with Crippen LogP contribution in [0.25, 0.3) is 11.1 Å². The quantitative estimate of drug-likeness (QED) is 0.663. The highest BCUT2D eigenvalue weighted by Crippen LogP contribution is 2.44. The van der Waals surface area contributed by atoms with Gasteiger partial charge in [0.1, 0.15) is 18.4 Å². The summed E-state index contributed by atoms with van der Waals surface area (Å²) in [5, 5.41) is 9.77. The summed E-state index contributed by atoms with van der Waals surface area (Å²) in [6.07, 6.45) is -0.415. The number of ether oxygens (including phenoxy) is 2. The van der Waals surface area contributed by atoms with Gasteiger partial charge in [-0.05, 0) is 33.9 Å². The first-order chi connectivity index (χ1) is 15.6. The van der Waals surface area contributed by atoms with Gasteiger partial charge in [-0.1, -0.05) is 60.7 Å². The summed E-state index contributed by atoms with van der Waals surface area (Å²) in [5.74, 6) is -0.490. The molecule has 0 bridgehead atoms. The molecule has 0 saturated heterocycles. The molecule has 1 aliphatic carbocycles. The van der Waals surface area contributed by atoms with Crippen molar-refractivity contribution in [1.82, 2.24) is 4.90 Å². The molecule has 3 aromatic rings. The van der Waals surface area contributed by atoms with Gasteiger partial charge in [-0.3, -0.25) is 4.90 Å². The van der Waals surface area contributed by atoms with Crippen LogP contribution in [0.5, 0.6) is 5.75 Å². The fourth-order valence-corrected chi connectivity index (χ4v) is 4.86. The zero-order valence-corrected chi connectivity index (χ0v) is 17.7. The van der Waals surface area contributed by atoms with Crippen LogP contribution in [0.3, 0.4) is 0 Å². The average molecular weight is 429 g/mol. The Balaban J connectivity index is 1.39. The van der Waals surface area contributed by atoms with Crippen molar-refractivity contribution >= 4 is 12.1 Å². The molecule has 1 aliphatic heterocycles. The Morgan fingerprint density at radius 2 is 1.62 bits per heavy atom. The molecule has 0 aromatic heterocycles. The van der Waals surface area contributed by atoms with Crippen LogP contribution in [0.15, 0.2) is 66.7 Å². The summed E-state index contributed by atoms with van der Waals surface area (Å²) in [6, 6.07) is 20.8. The SMILES string of the molecule is COc1cccc2c1CN(C(=O)OCC1c3ccccc3-c3ccccc31)[C@H](C(=O)O)C2. The van der Waals surface area contributed by atoms with Crippen LogP contribution in [0, 0.1) is 0 Å². The molecule has 2 aliphatic rings. The summed E-state index contributed by atoms with van der Waals surface area (Å²) in [5.41, 5.74) is 6.21. The van der Waals surface area contributed by atoms with Crippen LogP contribution in [0.4, 0.5) is 4.79 Å². The Labute approximate surface area is 186 Å². The fourth-order valence-electron chi connectivity index (χ4n) is 4.86. The molecule has 0 spiro atoms. The van der Waals surface area contributed by atoms with Gasteiger partial charge in [0.2, 0.25) is 0 Å². The average Bonchev–Trinajstić information content (AvgIpc) is 3.15. The third-order valence-electron chi connectivity index (χ3n) is 6.42. The maximum Gasteiger partial charge on any atom is 0.410 e. The van der Waals surface area contributed by atoms with Gasteiger partial charge in [-0.2, -0.15) is 0 Å². The third-order valence-corrected chi connectivity index (χ3v) is 6.42. The molecule has 1 N–H and O–H groups in total. The minimum Gasteiger partial charge on any atom is -0.496 e. The number of carbonyl (C=O) groups is 2. The van der Waals surface area contributed by atoms with E-state index in [1.54, 1.807) is 7.11 Å². The zero-order valence-electron chi connectivity index (χ0n) is 17.7. The first-order valence-corrected chi connectivity index (χ1v) is 10.6. The van der Waals surface area contributed by atoms with Crippen molar-refractivity contribution in [3.63, 3.8) is 0 Å². The number of carbonyl (C=O) groups excluding carboxylic acids is 1. The monoisotopic (exact) mass is 429 g/mol. The number of hydrogen-bond acceptors (Lipinski definition) is 4. The van der Waals surface area contributed by atoms with Crippen LogP contribution < -0.4 is 4.74 Å². The highest BCUT2D eigenvalue weighted by molar-refractivity contribution is 5.82. The summed E-state index contributed by atoms with van der Waals surface area (Å²) in [6.45, 7) is 0.279. The zero-order chi connectivity index (χ0) is 22.2. The maximum atomic E-state index is 13.1. The first kappa shape index (κ1) is 20.1. The van der Waals surface area contributed by atoms with E-state index in [1.807, 2.05) is 42.5 Å². The predicted octanol–water partition coefficient (Wildman–Crippen LogP) is 4.46. The van der Waals surface area contributed by atoms with Crippen molar-refractivity contribution in [3.8, 4) is 16.9 Å². The number of carboxylic acid groups (broad SMARTS) is 1. The lowest BCUT2D eigenvalue weighted by Crippen LogP contribution is -2.49. The number of carboxylic acids is 1. The largest absolute Gasteiger partial charge is 0.496 e. The second kappa shape index (κ2) is 8.04. The van der Waals surface area contributed by atoms with Crippen LogP contribution >= 0.6 is 0 Å². The van der Waals surface area contributed by atoms with Gasteiger partial charge >= 0.3 is 12.1 Å². The summed E-state index contributed by atoms with van der Waals surface area (Å²) in [4.78, 5) is 26.3. The van der Waals surface area contributed by atoms with Gasteiger partial charge in [0, 0.05) is 17.9 Å². The van der Waals surface area contributed by atoms with E-state index in [2.05, 4.69) is 24.3 Å². The van der Waals surface area contributed by atoms with Crippen LogP contribution in [0.1, 0.15) is 28.2 Å². The van der Waals surface area contributed by atoms with Crippen molar-refractivity contribution < 1.29 is 24.2 Å². The van der Waals surface area contributed by atoms with E-state index in [0.717, 1.165) is 33.4 Å². The third kappa shape index (κ3) is 3.28. The Morgan fingerprint density at radius 1 is 0.969 bits per heavy atom. The lowest BCUT2D eigenvalue weighted by Gasteiger charge is -2.34. The maximum absolute atomic E-state index is 13.1. The molecule has 1 heterocycles. The van der Waals surface area contributed by atoms with E-state index in [1.165, 1.54) is 4.90 Å². The van der Waals surface area contributed by atoms with Crippen LogP contribution in [-0.4, -0.2) is 41.8 Å². The first-order valence-electron chi connectivity index (χ1n) is 10.6. The van der Waals surface area contributed by atoms with E-state index < -0.39 is 18.1 Å². The number of methoxy groups -OCH3 is 1. The standard InChI is InChI=1S/C26H23NO5/c1-31-24-12-6-7-16-13-23(25(28)29)27(14-21(16)24)26(30)32-15-22-19-10-4-2-8-17(19)18-9-3-5-11-20(18)22/h2-12,22-23H,13-15H2,1H3,(H,28,29)/t23-/m0/s1. The van der Waals surface area contributed by atoms with Crippen molar-refractivity contribution in [1.29, 1.82) is 0 Å². The molecule has 6 heteroatoms. The van der Waals surface area contributed by atoms with Crippen molar-refractivity contribution in [2.75, 3.05) is 13.7 Å². The van der Waals surface area contributed by atoms with Crippen LogP contribution in [0.2, 0.25) is 0 Å². The van der Waals surface area contributed by atoms with Gasteiger partial charge in [0.15, 0.2) is 0 Å². The molecule has 6 nitrogen and oxygen atoms in total. The molecule has 3 aromatic carbocycles. The van der Waals surface area contributed by atoms with Gasteiger partial charge in [-0.25, -0.2) is 9.59 Å². The van der Waals surface area contributed by atoms with E-state index in [4.69, 9.17) is 9.47 Å². The summed E-state index contributed by atoms with van der Waals surface area (Å²) < 4.78 is 11.2. The summed E-state index contributed by atoms with van der Waals surface area (Å²) >= 11 is 0. The lowest BCUT2D eigenvalue weighted by molar-refractivity contribution is -0.143. The predicted molar refractivity (Wildman–Crippen MR) is 119 cm³/mol. The number of hydrogen-bond donors (Lipinski definition) is 1. The molecular formula is C26H23NO5. The molecule has 0 radical (unpaired) electrons.